The van der Waals surface area contributed by atoms with Gasteiger partial charge < -0.3 is 10.2 Å². The molecule has 21 heavy (non-hydrogen) atoms. The summed E-state index contributed by atoms with van der Waals surface area (Å²) < 4.78 is 13.0. The van der Waals surface area contributed by atoms with Gasteiger partial charge in [-0.15, -0.1) is 0 Å². The van der Waals surface area contributed by atoms with Gasteiger partial charge >= 0.3 is 6.03 Å². The fraction of sp³-hybridized carbons (Fsp3) is 0.471. The van der Waals surface area contributed by atoms with Crippen molar-refractivity contribution in [2.75, 3.05) is 13.1 Å². The lowest BCUT2D eigenvalue weighted by Crippen LogP contribution is -2.41. The molecule has 0 fully saturated rings. The normalized spacial score (nSPS) is 11.4. The van der Waals surface area contributed by atoms with Crippen LogP contribution in [0.2, 0.25) is 0 Å². The van der Waals surface area contributed by atoms with E-state index in [1.807, 2.05) is 4.90 Å². The van der Waals surface area contributed by atoms with Gasteiger partial charge in [-0.05, 0) is 35.6 Å². The van der Waals surface area contributed by atoms with Crippen LogP contribution < -0.4 is 5.32 Å². The predicted molar refractivity (Wildman–Crippen MR) is 85.2 cm³/mol. The lowest BCUT2D eigenvalue weighted by atomic mass is 10.1. The topological polar surface area (TPSA) is 32.3 Å². The number of benzene rings is 1. The lowest BCUT2D eigenvalue weighted by molar-refractivity contribution is 0.187. The van der Waals surface area contributed by atoms with Gasteiger partial charge in [-0.1, -0.05) is 39.8 Å². The first kappa shape index (κ1) is 17.2. The van der Waals surface area contributed by atoms with Gasteiger partial charge in [-0.2, -0.15) is 0 Å². The van der Waals surface area contributed by atoms with E-state index in [9.17, 15) is 9.18 Å². The molecule has 0 aliphatic rings. The van der Waals surface area contributed by atoms with Crippen LogP contribution in [0.15, 0.2) is 30.5 Å². The SMILES string of the molecule is CC(C)CN(CC(C)C)C(=O)N/C=C/c1cccc(F)c1. The minimum absolute atomic E-state index is 0.120. The molecule has 1 aromatic rings. The van der Waals surface area contributed by atoms with Gasteiger partial charge in [0.15, 0.2) is 0 Å². The zero-order chi connectivity index (χ0) is 15.8. The molecule has 0 spiro atoms. The zero-order valence-electron chi connectivity index (χ0n) is 13.3. The van der Waals surface area contributed by atoms with E-state index in [2.05, 4.69) is 33.0 Å². The lowest BCUT2D eigenvalue weighted by Gasteiger charge is -2.25. The molecule has 0 saturated heterocycles. The largest absolute Gasteiger partial charge is 0.324 e. The van der Waals surface area contributed by atoms with Crippen molar-refractivity contribution < 1.29 is 9.18 Å². The number of carbonyl (C=O) groups is 1. The van der Waals surface area contributed by atoms with Crippen LogP contribution in [0.1, 0.15) is 33.3 Å². The third-order valence-corrected chi connectivity index (χ3v) is 2.79. The summed E-state index contributed by atoms with van der Waals surface area (Å²) in [5, 5.41) is 2.75. The van der Waals surface area contributed by atoms with Gasteiger partial charge in [0, 0.05) is 19.3 Å². The van der Waals surface area contributed by atoms with Crippen LogP contribution >= 0.6 is 0 Å². The van der Waals surface area contributed by atoms with E-state index in [4.69, 9.17) is 0 Å². The minimum Gasteiger partial charge on any atom is -0.324 e. The molecule has 4 heteroatoms. The molecule has 0 unspecified atom stereocenters. The molecule has 0 atom stereocenters. The number of hydrogen-bond donors (Lipinski definition) is 1. The van der Waals surface area contributed by atoms with E-state index in [0.717, 1.165) is 18.7 Å². The number of rotatable bonds is 6. The van der Waals surface area contributed by atoms with Crippen LogP contribution in [0.4, 0.5) is 9.18 Å². The summed E-state index contributed by atoms with van der Waals surface area (Å²) in [7, 11) is 0. The second-order valence-electron chi connectivity index (χ2n) is 6.03. The molecule has 116 valence electrons. The Labute approximate surface area is 126 Å². The zero-order valence-corrected chi connectivity index (χ0v) is 13.3. The fourth-order valence-corrected chi connectivity index (χ4v) is 2.03. The second-order valence-corrected chi connectivity index (χ2v) is 6.03. The maximum Gasteiger partial charge on any atom is 0.321 e. The van der Waals surface area contributed by atoms with E-state index in [0.29, 0.717) is 11.8 Å². The number of urea groups is 1. The van der Waals surface area contributed by atoms with Crippen molar-refractivity contribution in [3.63, 3.8) is 0 Å². The Balaban J connectivity index is 2.60. The molecule has 2 amide bonds. The number of halogens is 1. The molecule has 0 saturated carbocycles. The highest BCUT2D eigenvalue weighted by molar-refractivity contribution is 5.76. The molecular weight excluding hydrogens is 267 g/mol. The van der Waals surface area contributed by atoms with Crippen molar-refractivity contribution >= 4 is 12.1 Å². The van der Waals surface area contributed by atoms with Crippen molar-refractivity contribution in [2.45, 2.75) is 27.7 Å². The summed E-state index contributed by atoms with van der Waals surface area (Å²) in [5.41, 5.74) is 0.717. The van der Waals surface area contributed by atoms with Crippen LogP contribution in [0.3, 0.4) is 0 Å². The third-order valence-electron chi connectivity index (χ3n) is 2.79. The second kappa shape index (κ2) is 8.45. The summed E-state index contributed by atoms with van der Waals surface area (Å²) in [6, 6.07) is 6.11. The van der Waals surface area contributed by atoms with Crippen molar-refractivity contribution in [1.82, 2.24) is 10.2 Å². The summed E-state index contributed by atoms with van der Waals surface area (Å²) in [6.45, 7) is 9.79. The van der Waals surface area contributed by atoms with E-state index in [-0.39, 0.29) is 11.8 Å². The first-order chi connectivity index (χ1) is 9.88. The van der Waals surface area contributed by atoms with Crippen molar-refractivity contribution in [3.05, 3.63) is 41.8 Å². The quantitative estimate of drug-likeness (QED) is 0.840. The van der Waals surface area contributed by atoms with Crippen molar-refractivity contribution in [1.29, 1.82) is 0 Å². The van der Waals surface area contributed by atoms with Crippen LogP contribution in [-0.4, -0.2) is 24.0 Å². The highest BCUT2D eigenvalue weighted by Crippen LogP contribution is 2.06. The number of nitrogens with one attached hydrogen (secondary N) is 1. The number of hydrogen-bond acceptors (Lipinski definition) is 1. The predicted octanol–water partition coefficient (Wildman–Crippen LogP) is 4.12. The molecule has 3 nitrogen and oxygen atoms in total. The fourth-order valence-electron chi connectivity index (χ4n) is 2.03. The molecule has 0 bridgehead atoms. The highest BCUT2D eigenvalue weighted by Gasteiger charge is 2.14. The molecule has 1 aromatic carbocycles. The molecule has 0 aliphatic carbocycles. The van der Waals surface area contributed by atoms with Gasteiger partial charge in [0.05, 0.1) is 0 Å². The minimum atomic E-state index is -0.287. The van der Waals surface area contributed by atoms with E-state index in [1.54, 1.807) is 24.4 Å². The molecule has 1 N–H and O–H groups in total. The molecule has 1 rings (SSSR count). The Bertz CT molecular complexity index is 473. The average Bonchev–Trinajstić information content (AvgIpc) is 2.36. The molecular formula is C17H25FN2O. The molecule has 0 radical (unpaired) electrons. The first-order valence-electron chi connectivity index (χ1n) is 7.36. The highest BCUT2D eigenvalue weighted by atomic mass is 19.1. The standard InChI is InChI=1S/C17H25FN2O/c1-13(2)11-20(12-14(3)4)17(21)19-9-8-15-6-5-7-16(18)10-15/h5-10,13-14H,11-12H2,1-4H3,(H,19,21)/b9-8+. The van der Waals surface area contributed by atoms with Gasteiger partial charge in [-0.3, -0.25) is 0 Å². The van der Waals surface area contributed by atoms with E-state index >= 15 is 0 Å². The maximum atomic E-state index is 13.0. The van der Waals surface area contributed by atoms with Crippen molar-refractivity contribution in [2.24, 2.45) is 11.8 Å². The van der Waals surface area contributed by atoms with Gasteiger partial charge in [0.1, 0.15) is 5.82 Å². The number of nitrogens with zero attached hydrogens (tertiary/aromatic N) is 1. The van der Waals surface area contributed by atoms with Gasteiger partial charge in [0.25, 0.3) is 0 Å². The smallest absolute Gasteiger partial charge is 0.321 e. The first-order valence-corrected chi connectivity index (χ1v) is 7.36. The third kappa shape index (κ3) is 6.93. The summed E-state index contributed by atoms with van der Waals surface area (Å²) in [4.78, 5) is 14.0. The Kier molecular flexibility index (Phi) is 6.92. The van der Waals surface area contributed by atoms with Crippen LogP contribution in [0.25, 0.3) is 6.08 Å². The Hall–Kier alpha value is -1.84. The van der Waals surface area contributed by atoms with Crippen LogP contribution in [0, 0.1) is 17.7 Å². The van der Waals surface area contributed by atoms with Crippen molar-refractivity contribution in [3.8, 4) is 0 Å². The van der Waals surface area contributed by atoms with Gasteiger partial charge in [0.2, 0.25) is 0 Å². The monoisotopic (exact) mass is 292 g/mol. The Morgan fingerprint density at radius 2 is 1.86 bits per heavy atom. The summed E-state index contributed by atoms with van der Waals surface area (Å²) in [6.07, 6.45) is 3.24. The maximum absolute atomic E-state index is 13.0. The summed E-state index contributed by atoms with van der Waals surface area (Å²) >= 11 is 0. The number of amides is 2. The summed E-state index contributed by atoms with van der Waals surface area (Å²) in [5.74, 6) is 0.549. The Morgan fingerprint density at radius 1 is 1.24 bits per heavy atom. The molecule has 0 aromatic heterocycles. The Morgan fingerprint density at radius 3 is 2.38 bits per heavy atom. The van der Waals surface area contributed by atoms with Gasteiger partial charge in [-0.25, -0.2) is 9.18 Å². The van der Waals surface area contributed by atoms with Crippen LogP contribution in [0.5, 0.6) is 0 Å². The van der Waals surface area contributed by atoms with Crippen LogP contribution in [-0.2, 0) is 0 Å². The molecule has 0 aliphatic heterocycles. The van der Waals surface area contributed by atoms with E-state index < -0.39 is 0 Å². The number of carbonyl (C=O) groups excluding carboxylic acids is 1. The van der Waals surface area contributed by atoms with E-state index in [1.165, 1.54) is 12.1 Å². The molecule has 0 heterocycles. The average molecular weight is 292 g/mol.